The Bertz CT molecular complexity index is 626. The van der Waals surface area contributed by atoms with Gasteiger partial charge in [-0.3, -0.25) is 4.90 Å². The van der Waals surface area contributed by atoms with Gasteiger partial charge in [0.15, 0.2) is 11.5 Å². The summed E-state index contributed by atoms with van der Waals surface area (Å²) in [5.41, 5.74) is 1.21. The molecule has 1 aromatic rings. The van der Waals surface area contributed by atoms with E-state index in [1.165, 1.54) is 50.5 Å². The lowest BCUT2D eigenvalue weighted by Crippen LogP contribution is -2.49. The Morgan fingerprint density at radius 2 is 1.68 bits per heavy atom. The van der Waals surface area contributed by atoms with E-state index < -0.39 is 6.10 Å². The van der Waals surface area contributed by atoms with Crippen LogP contribution in [-0.4, -0.2) is 80.0 Å². The van der Waals surface area contributed by atoms with E-state index in [0.29, 0.717) is 18.3 Å². The first kappa shape index (κ1) is 24.3. The maximum absolute atomic E-state index is 10.4. The van der Waals surface area contributed by atoms with Gasteiger partial charge in [-0.1, -0.05) is 45.1 Å². The third-order valence-corrected chi connectivity index (χ3v) is 6.74. The molecule has 3 rings (SSSR count). The number of nitrogens with one attached hydrogen (secondary N) is 1. The normalized spacial score (nSPS) is 20.7. The van der Waals surface area contributed by atoms with Crippen LogP contribution in [-0.2, 0) is 6.54 Å². The number of hydrogen-bond acceptors (Lipinski definition) is 6. The minimum atomic E-state index is -0.501. The molecule has 1 saturated carbocycles. The molecular weight excluding hydrogens is 390 g/mol. The molecule has 1 unspecified atom stereocenters. The fraction of sp³-hybridized carbons (Fsp3) is 0.760. The fourth-order valence-electron chi connectivity index (χ4n) is 4.69. The maximum atomic E-state index is 10.4. The number of aliphatic hydroxyl groups excluding tert-OH is 1. The smallest absolute Gasteiger partial charge is 0.161 e. The summed E-state index contributed by atoms with van der Waals surface area (Å²) in [6.07, 6.45) is 8.88. The molecule has 6 heteroatoms. The molecule has 0 amide bonds. The number of piperazine rings is 1. The zero-order valence-corrected chi connectivity index (χ0v) is 19.7. The molecule has 0 radical (unpaired) electrons. The molecule has 31 heavy (non-hydrogen) atoms. The molecule has 2 N–H and O–H groups in total. The van der Waals surface area contributed by atoms with Gasteiger partial charge in [-0.15, -0.1) is 0 Å². The van der Waals surface area contributed by atoms with Crippen molar-refractivity contribution in [1.82, 2.24) is 15.1 Å². The van der Waals surface area contributed by atoms with E-state index in [2.05, 4.69) is 34.2 Å². The first-order valence-electron chi connectivity index (χ1n) is 12.3. The van der Waals surface area contributed by atoms with E-state index in [0.717, 1.165) is 45.0 Å². The average Bonchev–Trinajstić information content (AvgIpc) is 2.77. The second-order valence-electron chi connectivity index (χ2n) is 9.11. The Hall–Kier alpha value is -1.34. The van der Waals surface area contributed by atoms with Crippen LogP contribution in [0.3, 0.4) is 0 Å². The van der Waals surface area contributed by atoms with E-state index in [-0.39, 0.29) is 6.61 Å². The molecule has 1 aromatic carbocycles. The highest BCUT2D eigenvalue weighted by Gasteiger charge is 2.19. The number of likely N-dealkylation sites (N-methyl/N-ethyl adjacent to an activating group) is 1. The van der Waals surface area contributed by atoms with Gasteiger partial charge in [0.2, 0.25) is 0 Å². The van der Waals surface area contributed by atoms with E-state index in [1.54, 1.807) is 7.11 Å². The van der Waals surface area contributed by atoms with Crippen LogP contribution in [0.2, 0.25) is 0 Å². The van der Waals surface area contributed by atoms with Crippen molar-refractivity contribution in [3.05, 3.63) is 23.8 Å². The molecule has 2 fully saturated rings. The highest BCUT2D eigenvalue weighted by molar-refractivity contribution is 5.43. The summed E-state index contributed by atoms with van der Waals surface area (Å²) in [6, 6.07) is 6.75. The third kappa shape index (κ3) is 8.26. The Morgan fingerprint density at radius 3 is 2.35 bits per heavy atom. The molecular formula is C25H43N3O3. The van der Waals surface area contributed by atoms with Gasteiger partial charge in [-0.25, -0.2) is 0 Å². The predicted molar refractivity (Wildman–Crippen MR) is 126 cm³/mol. The Morgan fingerprint density at radius 1 is 1.00 bits per heavy atom. The quantitative estimate of drug-likeness (QED) is 0.591. The number of methoxy groups -OCH3 is 1. The van der Waals surface area contributed by atoms with Crippen molar-refractivity contribution in [2.45, 2.75) is 70.6 Å². The van der Waals surface area contributed by atoms with E-state index in [4.69, 9.17) is 9.47 Å². The summed E-state index contributed by atoms with van der Waals surface area (Å²) >= 11 is 0. The number of benzene rings is 1. The van der Waals surface area contributed by atoms with Crippen molar-refractivity contribution in [3.8, 4) is 11.5 Å². The summed E-state index contributed by atoms with van der Waals surface area (Å²) < 4.78 is 11.5. The summed E-state index contributed by atoms with van der Waals surface area (Å²) in [5, 5.41) is 14.2. The van der Waals surface area contributed by atoms with Gasteiger partial charge in [0.05, 0.1) is 7.11 Å². The maximum Gasteiger partial charge on any atom is 0.161 e. The molecule has 1 aliphatic heterocycles. The molecule has 6 nitrogen and oxygen atoms in total. The van der Waals surface area contributed by atoms with Gasteiger partial charge in [-0.05, 0) is 37.1 Å². The van der Waals surface area contributed by atoms with Gasteiger partial charge < -0.3 is 24.8 Å². The number of β-amino-alcohol motifs (C(OH)–C–C–N with tert-alkyl or cyclic N) is 1. The minimum absolute atomic E-state index is 0.282. The Labute approximate surface area is 188 Å². The van der Waals surface area contributed by atoms with E-state index in [1.807, 2.05) is 6.07 Å². The lowest BCUT2D eigenvalue weighted by atomic mass is 9.96. The molecule has 176 valence electrons. The number of hydrogen-bond donors (Lipinski definition) is 2. The molecule has 1 aliphatic carbocycles. The third-order valence-electron chi connectivity index (χ3n) is 6.74. The topological polar surface area (TPSA) is 57.2 Å². The highest BCUT2D eigenvalue weighted by atomic mass is 16.5. The molecule has 1 atom stereocenters. The SMILES string of the molecule is CCN1CCN(CC(O)COc2ccc(CNC3CCCCCCC3)cc2OC)CC1. The predicted octanol–water partition coefficient (Wildman–Crippen LogP) is 3.27. The second-order valence-corrected chi connectivity index (χ2v) is 9.11. The van der Waals surface area contributed by atoms with Crippen LogP contribution in [0, 0.1) is 0 Å². The van der Waals surface area contributed by atoms with Crippen molar-refractivity contribution in [2.75, 3.05) is 53.0 Å². The number of ether oxygens (including phenoxy) is 2. The van der Waals surface area contributed by atoms with Gasteiger partial charge >= 0.3 is 0 Å². The van der Waals surface area contributed by atoms with Crippen LogP contribution in [0.25, 0.3) is 0 Å². The summed E-state index contributed by atoms with van der Waals surface area (Å²) in [5.74, 6) is 1.44. The first-order valence-corrected chi connectivity index (χ1v) is 12.3. The Kier molecular flexibility index (Phi) is 10.4. The van der Waals surface area contributed by atoms with Crippen LogP contribution in [0.15, 0.2) is 18.2 Å². The van der Waals surface area contributed by atoms with E-state index >= 15 is 0 Å². The lowest BCUT2D eigenvalue weighted by molar-refractivity contribution is 0.0464. The van der Waals surface area contributed by atoms with E-state index in [9.17, 15) is 5.11 Å². The largest absolute Gasteiger partial charge is 0.493 e. The summed E-state index contributed by atoms with van der Waals surface area (Å²) in [6.45, 7) is 9.27. The molecule has 0 spiro atoms. The Balaban J connectivity index is 1.43. The second kappa shape index (κ2) is 13.3. The molecule has 1 saturated heterocycles. The van der Waals surface area contributed by atoms with Gasteiger partial charge in [0.1, 0.15) is 12.7 Å². The van der Waals surface area contributed by atoms with Gasteiger partial charge in [-0.2, -0.15) is 0 Å². The van der Waals surface area contributed by atoms with Crippen molar-refractivity contribution in [1.29, 1.82) is 0 Å². The first-order chi connectivity index (χ1) is 15.2. The number of rotatable bonds is 10. The summed E-state index contributed by atoms with van der Waals surface area (Å²) in [7, 11) is 1.68. The summed E-state index contributed by atoms with van der Waals surface area (Å²) in [4.78, 5) is 4.76. The zero-order chi connectivity index (χ0) is 21.9. The van der Waals surface area contributed by atoms with Crippen molar-refractivity contribution >= 4 is 0 Å². The standard InChI is InChI=1S/C25H43N3O3/c1-3-27-13-15-28(16-14-27)19-23(29)20-31-24-12-11-21(17-25(24)30-2)18-26-22-9-7-5-4-6-8-10-22/h11-12,17,22-23,26,29H,3-10,13-16,18-20H2,1-2H3. The van der Waals surface area contributed by atoms with Crippen molar-refractivity contribution < 1.29 is 14.6 Å². The minimum Gasteiger partial charge on any atom is -0.493 e. The molecule has 1 heterocycles. The fourth-order valence-corrected chi connectivity index (χ4v) is 4.69. The number of nitrogens with zero attached hydrogens (tertiary/aromatic N) is 2. The number of aliphatic hydroxyl groups is 1. The molecule has 2 aliphatic rings. The van der Waals surface area contributed by atoms with Crippen molar-refractivity contribution in [2.24, 2.45) is 0 Å². The average molecular weight is 434 g/mol. The van der Waals surface area contributed by atoms with Gasteiger partial charge in [0, 0.05) is 45.3 Å². The molecule has 0 aromatic heterocycles. The van der Waals surface area contributed by atoms with Crippen LogP contribution >= 0.6 is 0 Å². The van der Waals surface area contributed by atoms with Gasteiger partial charge in [0.25, 0.3) is 0 Å². The lowest BCUT2D eigenvalue weighted by Gasteiger charge is -2.34. The van der Waals surface area contributed by atoms with Crippen LogP contribution in [0.1, 0.15) is 57.4 Å². The van der Waals surface area contributed by atoms with Crippen LogP contribution in [0.4, 0.5) is 0 Å². The van der Waals surface area contributed by atoms with Crippen molar-refractivity contribution in [3.63, 3.8) is 0 Å². The van der Waals surface area contributed by atoms with Crippen LogP contribution in [0.5, 0.6) is 11.5 Å². The van der Waals surface area contributed by atoms with Crippen LogP contribution < -0.4 is 14.8 Å². The molecule has 0 bridgehead atoms. The monoisotopic (exact) mass is 433 g/mol. The zero-order valence-electron chi connectivity index (χ0n) is 19.7. The highest BCUT2D eigenvalue weighted by Crippen LogP contribution is 2.28.